The van der Waals surface area contributed by atoms with Crippen LogP contribution >= 0.6 is 0 Å². The van der Waals surface area contributed by atoms with Crippen LogP contribution in [-0.2, 0) is 27.7 Å². The lowest BCUT2D eigenvalue weighted by molar-refractivity contribution is -0.140. The summed E-state index contributed by atoms with van der Waals surface area (Å²) in [4.78, 5) is 10.9. The highest BCUT2D eigenvalue weighted by molar-refractivity contribution is 7.89. The molecule has 0 amide bonds. The molecule has 2 N–H and O–H groups in total. The molecule has 1 unspecified atom stereocenters. The quantitative estimate of drug-likeness (QED) is 0.850. The number of aryl methyl sites for hydroxylation is 2. The second kappa shape index (κ2) is 5.30. The standard InChI is InChI=1S/C13H17NO4S/c1-9(13(15)16)8-14-19(17,18)12-6-5-10-3-2-4-11(10)7-12/h5-7,9,14H,2-4,8H2,1H3,(H,15,16). The van der Waals surface area contributed by atoms with E-state index in [0.717, 1.165) is 24.8 Å². The molecule has 0 spiro atoms. The van der Waals surface area contributed by atoms with E-state index >= 15 is 0 Å². The number of hydrogen-bond donors (Lipinski definition) is 2. The van der Waals surface area contributed by atoms with Crippen molar-refractivity contribution in [2.45, 2.75) is 31.1 Å². The van der Waals surface area contributed by atoms with Gasteiger partial charge in [-0.2, -0.15) is 0 Å². The number of rotatable bonds is 5. The molecule has 0 heterocycles. The highest BCUT2D eigenvalue weighted by Gasteiger charge is 2.20. The van der Waals surface area contributed by atoms with Crippen LogP contribution in [-0.4, -0.2) is 26.0 Å². The molecule has 1 aliphatic carbocycles. The fourth-order valence-corrected chi connectivity index (χ4v) is 3.30. The van der Waals surface area contributed by atoms with Gasteiger partial charge in [-0.15, -0.1) is 0 Å². The minimum atomic E-state index is -3.62. The molecule has 19 heavy (non-hydrogen) atoms. The number of carboxylic acid groups (broad SMARTS) is 1. The molecule has 0 radical (unpaired) electrons. The molecule has 1 aromatic rings. The summed E-state index contributed by atoms with van der Waals surface area (Å²) in [6, 6.07) is 5.12. The van der Waals surface area contributed by atoms with E-state index in [4.69, 9.17) is 5.11 Å². The molecular formula is C13H17NO4S. The normalized spacial score (nSPS) is 16.1. The third kappa shape index (κ3) is 3.13. The highest BCUT2D eigenvalue weighted by Crippen LogP contribution is 2.24. The number of nitrogens with one attached hydrogen (secondary N) is 1. The molecule has 0 aliphatic heterocycles. The maximum Gasteiger partial charge on any atom is 0.307 e. The van der Waals surface area contributed by atoms with Gasteiger partial charge in [0.05, 0.1) is 10.8 Å². The third-order valence-corrected chi connectivity index (χ3v) is 4.80. The Balaban J connectivity index is 2.14. The van der Waals surface area contributed by atoms with Crippen LogP contribution < -0.4 is 4.72 Å². The summed E-state index contributed by atoms with van der Waals surface area (Å²) >= 11 is 0. The van der Waals surface area contributed by atoms with Gasteiger partial charge in [0, 0.05) is 6.54 Å². The van der Waals surface area contributed by atoms with E-state index in [-0.39, 0.29) is 11.4 Å². The molecule has 2 rings (SSSR count). The summed E-state index contributed by atoms with van der Waals surface area (Å²) in [5.74, 6) is -1.76. The number of hydrogen-bond acceptors (Lipinski definition) is 3. The van der Waals surface area contributed by atoms with Crippen LogP contribution in [0.3, 0.4) is 0 Å². The number of fused-ring (bicyclic) bond motifs is 1. The first kappa shape index (κ1) is 14.0. The predicted octanol–water partition coefficient (Wildman–Crippen LogP) is 1.17. The number of sulfonamides is 1. The van der Waals surface area contributed by atoms with Crippen molar-refractivity contribution in [3.05, 3.63) is 29.3 Å². The van der Waals surface area contributed by atoms with Crippen molar-refractivity contribution in [1.82, 2.24) is 4.72 Å². The minimum Gasteiger partial charge on any atom is -0.481 e. The van der Waals surface area contributed by atoms with E-state index in [1.807, 2.05) is 6.07 Å². The van der Waals surface area contributed by atoms with Crippen molar-refractivity contribution >= 4 is 16.0 Å². The SMILES string of the molecule is CC(CNS(=O)(=O)c1ccc2c(c1)CCC2)C(=O)O. The van der Waals surface area contributed by atoms with Gasteiger partial charge in [0.25, 0.3) is 0 Å². The predicted molar refractivity (Wildman–Crippen MR) is 70.5 cm³/mol. The Morgan fingerprint density at radius 1 is 1.37 bits per heavy atom. The zero-order valence-corrected chi connectivity index (χ0v) is 11.5. The summed E-state index contributed by atoms with van der Waals surface area (Å²) in [7, 11) is -3.62. The van der Waals surface area contributed by atoms with E-state index in [2.05, 4.69) is 4.72 Å². The van der Waals surface area contributed by atoms with E-state index in [1.165, 1.54) is 12.5 Å². The van der Waals surface area contributed by atoms with Crippen molar-refractivity contribution in [2.24, 2.45) is 5.92 Å². The van der Waals surface area contributed by atoms with Gasteiger partial charge >= 0.3 is 5.97 Å². The molecule has 1 aromatic carbocycles. The van der Waals surface area contributed by atoms with Gasteiger partial charge in [0.1, 0.15) is 0 Å². The number of carboxylic acids is 1. The molecule has 0 fully saturated rings. The summed E-state index contributed by atoms with van der Waals surface area (Å²) < 4.78 is 26.4. The van der Waals surface area contributed by atoms with Gasteiger partial charge < -0.3 is 5.11 Å². The Hall–Kier alpha value is -1.40. The summed E-state index contributed by atoms with van der Waals surface area (Å²) in [5.41, 5.74) is 2.28. The van der Waals surface area contributed by atoms with Gasteiger partial charge in [-0.25, -0.2) is 13.1 Å². The smallest absolute Gasteiger partial charge is 0.307 e. The van der Waals surface area contributed by atoms with Crippen LogP contribution in [0.2, 0.25) is 0 Å². The molecule has 1 atom stereocenters. The summed E-state index contributed by atoms with van der Waals surface area (Å²) in [5, 5.41) is 8.74. The van der Waals surface area contributed by atoms with Gasteiger partial charge in [-0.05, 0) is 42.5 Å². The average molecular weight is 283 g/mol. The monoisotopic (exact) mass is 283 g/mol. The minimum absolute atomic E-state index is 0.102. The fraction of sp³-hybridized carbons (Fsp3) is 0.462. The lowest BCUT2D eigenvalue weighted by Gasteiger charge is -2.10. The van der Waals surface area contributed by atoms with Gasteiger partial charge in [0.15, 0.2) is 0 Å². The topological polar surface area (TPSA) is 83.5 Å². The zero-order chi connectivity index (χ0) is 14.0. The second-order valence-electron chi connectivity index (χ2n) is 4.88. The van der Waals surface area contributed by atoms with E-state index in [1.54, 1.807) is 12.1 Å². The van der Waals surface area contributed by atoms with Crippen LogP contribution in [0, 0.1) is 5.92 Å². The Kier molecular flexibility index (Phi) is 3.91. The summed E-state index contributed by atoms with van der Waals surface area (Å²) in [6.45, 7) is 1.36. The Bertz CT molecular complexity index is 595. The maximum atomic E-state index is 12.1. The lowest BCUT2D eigenvalue weighted by atomic mass is 10.1. The van der Waals surface area contributed by atoms with Crippen LogP contribution in [0.1, 0.15) is 24.5 Å². The van der Waals surface area contributed by atoms with Crippen molar-refractivity contribution in [2.75, 3.05) is 6.54 Å². The van der Waals surface area contributed by atoms with Crippen molar-refractivity contribution in [1.29, 1.82) is 0 Å². The first-order valence-corrected chi connectivity index (χ1v) is 7.73. The molecule has 0 saturated heterocycles. The van der Waals surface area contributed by atoms with E-state index in [9.17, 15) is 13.2 Å². The van der Waals surface area contributed by atoms with Crippen LogP contribution in [0.15, 0.2) is 23.1 Å². The summed E-state index contributed by atoms with van der Waals surface area (Å²) in [6.07, 6.45) is 2.96. The van der Waals surface area contributed by atoms with Crippen molar-refractivity contribution < 1.29 is 18.3 Å². The van der Waals surface area contributed by atoms with Crippen molar-refractivity contribution in [3.63, 3.8) is 0 Å². The first-order chi connectivity index (χ1) is 8.90. The largest absolute Gasteiger partial charge is 0.481 e. The van der Waals surface area contributed by atoms with Crippen LogP contribution in [0.25, 0.3) is 0 Å². The van der Waals surface area contributed by atoms with Crippen molar-refractivity contribution in [3.8, 4) is 0 Å². The molecule has 5 nitrogen and oxygen atoms in total. The molecule has 1 aliphatic rings. The fourth-order valence-electron chi connectivity index (χ4n) is 2.12. The van der Waals surface area contributed by atoms with Crippen LogP contribution in [0.4, 0.5) is 0 Å². The second-order valence-corrected chi connectivity index (χ2v) is 6.64. The third-order valence-electron chi connectivity index (χ3n) is 3.38. The molecule has 104 valence electrons. The van der Waals surface area contributed by atoms with E-state index in [0.29, 0.717) is 0 Å². The lowest BCUT2D eigenvalue weighted by Crippen LogP contribution is -2.31. The highest BCUT2D eigenvalue weighted by atomic mass is 32.2. The maximum absolute atomic E-state index is 12.1. The molecule has 6 heteroatoms. The molecule has 0 saturated carbocycles. The van der Waals surface area contributed by atoms with Gasteiger partial charge in [-0.3, -0.25) is 4.79 Å². The zero-order valence-electron chi connectivity index (χ0n) is 10.7. The van der Waals surface area contributed by atoms with E-state index < -0.39 is 21.9 Å². The number of carbonyl (C=O) groups is 1. The Morgan fingerprint density at radius 2 is 2.05 bits per heavy atom. The first-order valence-electron chi connectivity index (χ1n) is 6.24. The van der Waals surface area contributed by atoms with Crippen LogP contribution in [0.5, 0.6) is 0 Å². The van der Waals surface area contributed by atoms with Gasteiger partial charge in [-0.1, -0.05) is 13.0 Å². The molecule has 0 aromatic heterocycles. The van der Waals surface area contributed by atoms with Gasteiger partial charge in [0.2, 0.25) is 10.0 Å². The molecular weight excluding hydrogens is 266 g/mol. The average Bonchev–Trinajstić information content (AvgIpc) is 2.82. The Morgan fingerprint density at radius 3 is 2.74 bits per heavy atom. The number of benzene rings is 1. The molecule has 0 bridgehead atoms. The Labute approximate surface area is 112 Å². The number of aliphatic carboxylic acids is 1.